The van der Waals surface area contributed by atoms with Crippen LogP contribution in [0.2, 0.25) is 0 Å². The summed E-state index contributed by atoms with van der Waals surface area (Å²) in [6.45, 7) is 7.52. The third-order valence-corrected chi connectivity index (χ3v) is 3.88. The summed E-state index contributed by atoms with van der Waals surface area (Å²) in [6, 6.07) is 11.6. The van der Waals surface area contributed by atoms with Crippen LogP contribution in [0.4, 0.5) is 0 Å². The highest BCUT2D eigenvalue weighted by atomic mass is 15.2. The Morgan fingerprint density at radius 2 is 1.86 bits per heavy atom. The van der Waals surface area contributed by atoms with Crippen molar-refractivity contribution >= 4 is 5.96 Å². The van der Waals surface area contributed by atoms with Crippen molar-refractivity contribution in [3.05, 3.63) is 35.9 Å². The van der Waals surface area contributed by atoms with Crippen LogP contribution in [-0.2, 0) is 0 Å². The molecule has 0 aliphatic carbocycles. The molecule has 0 saturated carbocycles. The summed E-state index contributed by atoms with van der Waals surface area (Å²) in [5.41, 5.74) is 1.38. The molecule has 1 aromatic carbocycles. The normalized spacial score (nSPS) is 18.0. The van der Waals surface area contributed by atoms with Crippen LogP contribution in [-0.4, -0.2) is 43.6 Å². The highest BCUT2D eigenvalue weighted by molar-refractivity contribution is 5.79. The van der Waals surface area contributed by atoms with Crippen molar-refractivity contribution in [2.24, 2.45) is 4.99 Å². The minimum atomic E-state index is 0.387. The zero-order chi connectivity index (χ0) is 15.1. The number of likely N-dealkylation sites (tertiary alicyclic amines) is 1. The van der Waals surface area contributed by atoms with Gasteiger partial charge < -0.3 is 10.6 Å². The summed E-state index contributed by atoms with van der Waals surface area (Å²) in [7, 11) is 1.82. The molecule has 0 bridgehead atoms. The number of guanidine groups is 1. The maximum absolute atomic E-state index is 4.30. The molecule has 1 aliphatic heterocycles. The summed E-state index contributed by atoms with van der Waals surface area (Å²) in [4.78, 5) is 6.87. The van der Waals surface area contributed by atoms with E-state index in [1.807, 2.05) is 7.05 Å². The number of hydrogen-bond donors (Lipinski definition) is 2. The van der Waals surface area contributed by atoms with Crippen LogP contribution >= 0.6 is 0 Å². The van der Waals surface area contributed by atoms with E-state index in [2.05, 4.69) is 64.7 Å². The highest BCUT2D eigenvalue weighted by Crippen LogP contribution is 2.24. The molecule has 0 aromatic heterocycles. The summed E-state index contributed by atoms with van der Waals surface area (Å²) in [5.74, 6) is 0.880. The van der Waals surface area contributed by atoms with Crippen LogP contribution in [0.15, 0.2) is 35.3 Å². The van der Waals surface area contributed by atoms with Gasteiger partial charge in [0.1, 0.15) is 0 Å². The van der Waals surface area contributed by atoms with E-state index in [9.17, 15) is 0 Å². The molecule has 1 unspecified atom stereocenters. The van der Waals surface area contributed by atoms with Crippen molar-refractivity contribution < 1.29 is 0 Å². The molecule has 1 saturated heterocycles. The molecule has 4 nitrogen and oxygen atoms in total. The molecule has 1 heterocycles. The van der Waals surface area contributed by atoms with Crippen LogP contribution in [0.25, 0.3) is 0 Å². The fraction of sp³-hybridized carbons (Fsp3) is 0.588. The number of nitrogens with zero attached hydrogens (tertiary/aromatic N) is 2. The van der Waals surface area contributed by atoms with Gasteiger partial charge in [-0.05, 0) is 45.3 Å². The number of rotatable bonds is 5. The molecule has 4 heteroatoms. The smallest absolute Gasteiger partial charge is 0.191 e. The lowest BCUT2D eigenvalue weighted by Crippen LogP contribution is -2.44. The van der Waals surface area contributed by atoms with E-state index in [-0.39, 0.29) is 0 Å². The van der Waals surface area contributed by atoms with Crippen LogP contribution in [0, 0.1) is 0 Å². The Morgan fingerprint density at radius 3 is 2.43 bits per heavy atom. The third kappa shape index (κ3) is 4.74. The SMILES string of the molecule is CN=C(NCC(c1ccccc1)N1CCCC1)NC(C)C. The van der Waals surface area contributed by atoms with Gasteiger partial charge in [-0.25, -0.2) is 0 Å². The van der Waals surface area contributed by atoms with Gasteiger partial charge in [0.15, 0.2) is 5.96 Å². The largest absolute Gasteiger partial charge is 0.354 e. The average Bonchev–Trinajstić information content (AvgIpc) is 3.01. The molecule has 0 spiro atoms. The van der Waals surface area contributed by atoms with Gasteiger partial charge in [-0.1, -0.05) is 30.3 Å². The first-order valence-electron chi connectivity index (χ1n) is 7.97. The lowest BCUT2D eigenvalue weighted by Gasteiger charge is -2.29. The lowest BCUT2D eigenvalue weighted by molar-refractivity contribution is 0.245. The monoisotopic (exact) mass is 288 g/mol. The Bertz CT molecular complexity index is 435. The maximum Gasteiger partial charge on any atom is 0.191 e. The zero-order valence-electron chi connectivity index (χ0n) is 13.5. The van der Waals surface area contributed by atoms with Crippen molar-refractivity contribution in [2.75, 3.05) is 26.7 Å². The van der Waals surface area contributed by atoms with E-state index in [1.54, 1.807) is 0 Å². The van der Waals surface area contributed by atoms with E-state index in [0.717, 1.165) is 12.5 Å². The Kier molecular flexibility index (Phi) is 6.05. The molecule has 21 heavy (non-hydrogen) atoms. The zero-order valence-corrected chi connectivity index (χ0v) is 13.5. The Hall–Kier alpha value is -1.55. The summed E-state index contributed by atoms with van der Waals surface area (Å²) in [6.07, 6.45) is 2.62. The molecular weight excluding hydrogens is 260 g/mol. The van der Waals surface area contributed by atoms with E-state index in [1.165, 1.54) is 31.5 Å². The molecule has 1 atom stereocenters. The summed E-state index contributed by atoms with van der Waals surface area (Å²) >= 11 is 0. The first-order chi connectivity index (χ1) is 10.2. The quantitative estimate of drug-likeness (QED) is 0.645. The van der Waals surface area contributed by atoms with Crippen molar-refractivity contribution in [3.63, 3.8) is 0 Å². The molecule has 2 N–H and O–H groups in total. The molecule has 0 amide bonds. The van der Waals surface area contributed by atoms with Crippen LogP contribution in [0.5, 0.6) is 0 Å². The second kappa shape index (κ2) is 8.03. The van der Waals surface area contributed by atoms with E-state index < -0.39 is 0 Å². The Labute approximate surface area is 128 Å². The van der Waals surface area contributed by atoms with Crippen molar-refractivity contribution in [1.82, 2.24) is 15.5 Å². The van der Waals surface area contributed by atoms with Crippen molar-refractivity contribution in [2.45, 2.75) is 38.8 Å². The highest BCUT2D eigenvalue weighted by Gasteiger charge is 2.23. The van der Waals surface area contributed by atoms with Gasteiger partial charge in [0.05, 0.1) is 6.04 Å². The standard InChI is InChI=1S/C17H28N4/c1-14(2)20-17(18-3)19-13-16(21-11-7-8-12-21)15-9-5-4-6-10-15/h4-6,9-10,14,16H,7-8,11-13H2,1-3H3,(H2,18,19,20). The predicted octanol–water partition coefficient (Wildman–Crippen LogP) is 2.40. The summed E-state index contributed by atoms with van der Waals surface area (Å²) in [5, 5.41) is 6.82. The maximum atomic E-state index is 4.30. The van der Waals surface area contributed by atoms with Gasteiger partial charge in [0, 0.05) is 19.6 Å². The van der Waals surface area contributed by atoms with Gasteiger partial charge in [-0.3, -0.25) is 9.89 Å². The molecule has 1 aromatic rings. The number of aliphatic imine (C=N–C) groups is 1. The van der Waals surface area contributed by atoms with Gasteiger partial charge in [-0.15, -0.1) is 0 Å². The summed E-state index contributed by atoms with van der Waals surface area (Å²) < 4.78 is 0. The molecule has 2 rings (SSSR count). The number of benzene rings is 1. The first-order valence-corrected chi connectivity index (χ1v) is 7.97. The van der Waals surface area contributed by atoms with E-state index in [0.29, 0.717) is 12.1 Å². The molecule has 1 aliphatic rings. The van der Waals surface area contributed by atoms with Crippen LogP contribution in [0.1, 0.15) is 38.3 Å². The Balaban J connectivity index is 2.02. The number of hydrogen-bond acceptors (Lipinski definition) is 2. The average molecular weight is 288 g/mol. The second-order valence-corrected chi connectivity index (χ2v) is 5.92. The molecular formula is C17H28N4. The predicted molar refractivity (Wildman–Crippen MR) is 89.6 cm³/mol. The fourth-order valence-electron chi connectivity index (χ4n) is 2.85. The topological polar surface area (TPSA) is 39.7 Å². The fourth-order valence-corrected chi connectivity index (χ4v) is 2.85. The minimum Gasteiger partial charge on any atom is -0.354 e. The van der Waals surface area contributed by atoms with Gasteiger partial charge in [0.25, 0.3) is 0 Å². The molecule has 116 valence electrons. The number of nitrogens with one attached hydrogen (secondary N) is 2. The van der Waals surface area contributed by atoms with Gasteiger partial charge in [0.2, 0.25) is 0 Å². The van der Waals surface area contributed by atoms with Crippen LogP contribution in [0.3, 0.4) is 0 Å². The Morgan fingerprint density at radius 1 is 1.19 bits per heavy atom. The first kappa shape index (κ1) is 15.8. The van der Waals surface area contributed by atoms with E-state index >= 15 is 0 Å². The third-order valence-electron chi connectivity index (χ3n) is 3.88. The second-order valence-electron chi connectivity index (χ2n) is 5.92. The van der Waals surface area contributed by atoms with Crippen molar-refractivity contribution in [3.8, 4) is 0 Å². The lowest BCUT2D eigenvalue weighted by atomic mass is 10.1. The van der Waals surface area contributed by atoms with E-state index in [4.69, 9.17) is 0 Å². The molecule has 1 fully saturated rings. The molecule has 0 radical (unpaired) electrons. The van der Waals surface area contributed by atoms with Crippen LogP contribution < -0.4 is 10.6 Å². The van der Waals surface area contributed by atoms with Crippen molar-refractivity contribution in [1.29, 1.82) is 0 Å². The van der Waals surface area contributed by atoms with Gasteiger partial charge >= 0.3 is 0 Å². The van der Waals surface area contributed by atoms with Gasteiger partial charge in [-0.2, -0.15) is 0 Å². The minimum absolute atomic E-state index is 0.387.